The molecule has 0 unspecified atom stereocenters. The largest absolute Gasteiger partial charge is 0.352 e. The summed E-state index contributed by atoms with van der Waals surface area (Å²) in [4.78, 5) is 28.6. The van der Waals surface area contributed by atoms with E-state index >= 15 is 0 Å². The number of benzene rings is 1. The SMILES string of the molecule is O=C(NCC1CCCCC1)c1cccc(C(=O)N(CC2CCCCC2)CC2CCCCC2)c1. The minimum atomic E-state index is -0.0404. The highest BCUT2D eigenvalue weighted by molar-refractivity contribution is 5.99. The molecule has 4 nitrogen and oxygen atoms in total. The fourth-order valence-electron chi connectivity index (χ4n) is 6.31. The summed E-state index contributed by atoms with van der Waals surface area (Å²) in [5.74, 6) is 1.95. The maximum Gasteiger partial charge on any atom is 0.253 e. The van der Waals surface area contributed by atoms with Crippen molar-refractivity contribution < 1.29 is 9.59 Å². The van der Waals surface area contributed by atoms with E-state index in [1.54, 1.807) is 0 Å². The van der Waals surface area contributed by atoms with Gasteiger partial charge in [-0.25, -0.2) is 0 Å². The van der Waals surface area contributed by atoms with Gasteiger partial charge in [0.15, 0.2) is 0 Å². The van der Waals surface area contributed by atoms with E-state index in [2.05, 4.69) is 10.2 Å². The monoisotopic (exact) mass is 452 g/mol. The van der Waals surface area contributed by atoms with E-state index in [0.29, 0.717) is 28.9 Å². The molecule has 0 radical (unpaired) electrons. The number of nitrogens with zero attached hydrogens (tertiary/aromatic N) is 1. The molecule has 0 aliphatic heterocycles. The van der Waals surface area contributed by atoms with E-state index in [0.717, 1.165) is 19.6 Å². The van der Waals surface area contributed by atoms with Gasteiger partial charge in [-0.3, -0.25) is 9.59 Å². The normalized spacial score (nSPS) is 21.0. The van der Waals surface area contributed by atoms with Gasteiger partial charge in [0.25, 0.3) is 11.8 Å². The minimum Gasteiger partial charge on any atom is -0.352 e. The zero-order valence-corrected chi connectivity index (χ0v) is 20.5. The van der Waals surface area contributed by atoms with Gasteiger partial charge < -0.3 is 10.2 Å². The number of nitrogens with one attached hydrogen (secondary N) is 1. The summed E-state index contributed by atoms with van der Waals surface area (Å²) in [6.07, 6.45) is 19.2. The molecule has 0 aromatic heterocycles. The van der Waals surface area contributed by atoms with Crippen LogP contribution in [0.4, 0.5) is 0 Å². The van der Waals surface area contributed by atoms with Crippen molar-refractivity contribution in [1.29, 1.82) is 0 Å². The van der Waals surface area contributed by atoms with Crippen LogP contribution in [0.1, 0.15) is 117 Å². The van der Waals surface area contributed by atoms with Crippen LogP contribution in [0.5, 0.6) is 0 Å². The zero-order chi connectivity index (χ0) is 22.9. The maximum absolute atomic E-state index is 13.7. The molecule has 3 saturated carbocycles. The molecule has 3 fully saturated rings. The summed E-state index contributed by atoms with van der Waals surface area (Å²) in [5.41, 5.74) is 1.29. The summed E-state index contributed by atoms with van der Waals surface area (Å²) in [6.45, 7) is 2.52. The van der Waals surface area contributed by atoms with Gasteiger partial charge in [0.2, 0.25) is 0 Å². The third-order valence-corrected chi connectivity index (χ3v) is 8.34. The first-order valence-corrected chi connectivity index (χ1v) is 13.9. The standard InChI is InChI=1S/C29H44N2O2/c32-28(30-20-23-11-4-1-5-12-23)26-17-10-18-27(19-26)29(33)31(21-24-13-6-2-7-14-24)22-25-15-8-3-9-16-25/h10,17-19,23-25H,1-9,11-16,20-22H2,(H,30,32). The molecule has 1 aromatic carbocycles. The van der Waals surface area contributed by atoms with Crippen LogP contribution in [0, 0.1) is 17.8 Å². The molecule has 1 N–H and O–H groups in total. The number of carbonyl (C=O) groups is 2. The topological polar surface area (TPSA) is 49.4 Å². The fraction of sp³-hybridized carbons (Fsp3) is 0.724. The third-order valence-electron chi connectivity index (χ3n) is 8.34. The second-order valence-electron chi connectivity index (χ2n) is 11.0. The van der Waals surface area contributed by atoms with Crippen molar-refractivity contribution >= 4 is 11.8 Å². The van der Waals surface area contributed by atoms with Gasteiger partial charge in [-0.05, 0) is 74.5 Å². The molecule has 1 aromatic rings. The zero-order valence-electron chi connectivity index (χ0n) is 20.5. The van der Waals surface area contributed by atoms with Crippen LogP contribution in [0.15, 0.2) is 24.3 Å². The Kier molecular flexibility index (Phi) is 9.26. The molecule has 0 bridgehead atoms. The van der Waals surface area contributed by atoms with Crippen molar-refractivity contribution in [2.75, 3.05) is 19.6 Å². The number of hydrogen-bond donors (Lipinski definition) is 1. The van der Waals surface area contributed by atoms with Gasteiger partial charge in [-0.2, -0.15) is 0 Å². The second-order valence-corrected chi connectivity index (χ2v) is 11.0. The van der Waals surface area contributed by atoms with Crippen molar-refractivity contribution in [3.63, 3.8) is 0 Å². The number of hydrogen-bond acceptors (Lipinski definition) is 2. The third kappa shape index (κ3) is 7.32. The lowest BCUT2D eigenvalue weighted by Gasteiger charge is -2.34. The molecule has 2 amide bonds. The van der Waals surface area contributed by atoms with Crippen LogP contribution in [0.3, 0.4) is 0 Å². The Morgan fingerprint density at radius 2 is 1.18 bits per heavy atom. The van der Waals surface area contributed by atoms with Gasteiger partial charge >= 0.3 is 0 Å². The van der Waals surface area contributed by atoms with E-state index in [1.807, 2.05) is 24.3 Å². The molecule has 4 heteroatoms. The molecule has 4 rings (SSSR count). The Balaban J connectivity index is 1.41. The van der Waals surface area contributed by atoms with Crippen LogP contribution in [-0.4, -0.2) is 36.3 Å². The Morgan fingerprint density at radius 1 is 0.697 bits per heavy atom. The molecule has 0 heterocycles. The first-order valence-electron chi connectivity index (χ1n) is 13.9. The highest BCUT2D eigenvalue weighted by atomic mass is 16.2. The van der Waals surface area contributed by atoms with Crippen LogP contribution in [0.2, 0.25) is 0 Å². The Hall–Kier alpha value is -1.84. The number of amides is 2. The number of carbonyl (C=O) groups excluding carboxylic acids is 2. The Morgan fingerprint density at radius 3 is 1.73 bits per heavy atom. The smallest absolute Gasteiger partial charge is 0.253 e. The van der Waals surface area contributed by atoms with E-state index in [-0.39, 0.29) is 11.8 Å². The van der Waals surface area contributed by atoms with Crippen LogP contribution in [0.25, 0.3) is 0 Å². The van der Waals surface area contributed by atoms with Gasteiger partial charge in [0, 0.05) is 30.8 Å². The Bertz CT molecular complexity index is 739. The van der Waals surface area contributed by atoms with Gasteiger partial charge in [0.05, 0.1) is 0 Å². The lowest BCUT2D eigenvalue weighted by molar-refractivity contribution is 0.0665. The summed E-state index contributed by atoms with van der Waals surface area (Å²) in [5, 5.41) is 3.13. The molecule has 3 aliphatic carbocycles. The fourth-order valence-corrected chi connectivity index (χ4v) is 6.31. The molecular formula is C29H44N2O2. The maximum atomic E-state index is 13.7. The van der Waals surface area contributed by atoms with Crippen molar-refractivity contribution in [1.82, 2.24) is 10.2 Å². The highest BCUT2D eigenvalue weighted by Gasteiger charge is 2.26. The summed E-state index contributed by atoms with van der Waals surface area (Å²) >= 11 is 0. The Labute approximate surface area is 200 Å². The van der Waals surface area contributed by atoms with E-state index < -0.39 is 0 Å². The molecule has 0 atom stereocenters. The first-order chi connectivity index (χ1) is 16.2. The molecule has 3 aliphatic rings. The average Bonchev–Trinajstić information content (AvgIpc) is 2.88. The van der Waals surface area contributed by atoms with E-state index in [1.165, 1.54) is 96.3 Å². The van der Waals surface area contributed by atoms with Crippen molar-refractivity contribution in [3.05, 3.63) is 35.4 Å². The summed E-state index contributed by atoms with van der Waals surface area (Å²) < 4.78 is 0. The summed E-state index contributed by atoms with van der Waals surface area (Å²) in [7, 11) is 0. The highest BCUT2D eigenvalue weighted by Crippen LogP contribution is 2.29. The molecule has 33 heavy (non-hydrogen) atoms. The van der Waals surface area contributed by atoms with Crippen molar-refractivity contribution in [2.45, 2.75) is 96.3 Å². The van der Waals surface area contributed by atoms with Crippen molar-refractivity contribution in [2.24, 2.45) is 17.8 Å². The predicted molar refractivity (Wildman–Crippen MR) is 134 cm³/mol. The van der Waals surface area contributed by atoms with Gasteiger partial charge in [0.1, 0.15) is 0 Å². The predicted octanol–water partition coefficient (Wildman–Crippen LogP) is 6.60. The first kappa shape index (κ1) is 24.3. The average molecular weight is 453 g/mol. The van der Waals surface area contributed by atoms with Gasteiger partial charge in [-0.15, -0.1) is 0 Å². The van der Waals surface area contributed by atoms with Crippen LogP contribution >= 0.6 is 0 Å². The summed E-state index contributed by atoms with van der Waals surface area (Å²) in [6, 6.07) is 7.45. The quantitative estimate of drug-likeness (QED) is 0.483. The number of rotatable bonds is 8. The van der Waals surface area contributed by atoms with E-state index in [4.69, 9.17) is 0 Å². The molecule has 0 spiro atoms. The minimum absolute atomic E-state index is 0.0404. The van der Waals surface area contributed by atoms with Crippen molar-refractivity contribution in [3.8, 4) is 0 Å². The van der Waals surface area contributed by atoms with Crippen LogP contribution < -0.4 is 5.32 Å². The molecular weight excluding hydrogens is 408 g/mol. The molecule has 0 saturated heterocycles. The van der Waals surface area contributed by atoms with Gasteiger partial charge in [-0.1, -0.05) is 63.9 Å². The second kappa shape index (κ2) is 12.6. The van der Waals surface area contributed by atoms with E-state index in [9.17, 15) is 9.59 Å². The van der Waals surface area contributed by atoms with Crippen LogP contribution in [-0.2, 0) is 0 Å². The lowest BCUT2D eigenvalue weighted by Crippen LogP contribution is -2.40. The molecule has 182 valence electrons. The lowest BCUT2D eigenvalue weighted by atomic mass is 9.86.